The van der Waals surface area contributed by atoms with Crippen LogP contribution in [0, 0.1) is 5.41 Å². The topological polar surface area (TPSA) is 133 Å². The van der Waals surface area contributed by atoms with Gasteiger partial charge in [0.2, 0.25) is 0 Å². The fraction of sp³-hybridized carbons (Fsp3) is 0.308. The van der Waals surface area contributed by atoms with Gasteiger partial charge in [-0.2, -0.15) is 18.3 Å². The molecule has 0 aliphatic carbocycles. The average molecular weight is 344 g/mol. The van der Waals surface area contributed by atoms with Gasteiger partial charge in [-0.25, -0.2) is 10.0 Å². The molecule has 1 aliphatic heterocycles. The quantitative estimate of drug-likeness (QED) is 0.608. The highest BCUT2D eigenvalue weighted by atomic mass is 19.4. The number of nitrogens with one attached hydrogen (secondary N) is 1. The lowest BCUT2D eigenvalue weighted by Crippen LogP contribution is -2.33. The van der Waals surface area contributed by atoms with Gasteiger partial charge >= 0.3 is 6.18 Å². The van der Waals surface area contributed by atoms with Gasteiger partial charge in [-0.3, -0.25) is 5.41 Å². The van der Waals surface area contributed by atoms with Crippen molar-refractivity contribution in [2.45, 2.75) is 6.18 Å². The van der Waals surface area contributed by atoms with Crippen LogP contribution in [0.15, 0.2) is 22.2 Å². The predicted octanol–water partition coefficient (Wildman–Crippen LogP) is 1.14. The number of anilines is 2. The Bertz CT molecular complexity index is 729. The number of nitrogen functional groups attached to an aromatic ring is 2. The second-order valence-corrected chi connectivity index (χ2v) is 4.76. The molecule has 0 radical (unpaired) electrons. The zero-order chi connectivity index (χ0) is 18.1. The lowest BCUT2D eigenvalue weighted by molar-refractivity contribution is -0.0571. The molecule has 0 unspecified atom stereocenters. The van der Waals surface area contributed by atoms with Crippen LogP contribution in [0.3, 0.4) is 0 Å². The smallest absolute Gasteiger partial charge is 0.437 e. The summed E-state index contributed by atoms with van der Waals surface area (Å²) in [7, 11) is 1.34. The van der Waals surface area contributed by atoms with E-state index < -0.39 is 30.0 Å². The normalized spacial score (nSPS) is 16.7. The summed E-state index contributed by atoms with van der Waals surface area (Å²) in [6.07, 6.45) is -4.82. The van der Waals surface area contributed by atoms with Crippen LogP contribution in [-0.4, -0.2) is 53.8 Å². The van der Waals surface area contributed by atoms with E-state index in [9.17, 15) is 13.2 Å². The monoisotopic (exact) mass is 344 g/mol. The summed E-state index contributed by atoms with van der Waals surface area (Å²) in [5.74, 6) is -0.405. The van der Waals surface area contributed by atoms with Gasteiger partial charge in [0.15, 0.2) is 11.5 Å². The van der Waals surface area contributed by atoms with Crippen molar-refractivity contribution in [2.75, 3.05) is 31.7 Å². The Kier molecular flexibility index (Phi) is 4.64. The molecular weight excluding hydrogens is 329 g/mol. The third kappa shape index (κ3) is 3.25. The molecule has 0 spiro atoms. The lowest BCUT2D eigenvalue weighted by atomic mass is 10.2. The summed E-state index contributed by atoms with van der Waals surface area (Å²) in [6, 6.07) is 2.57. The summed E-state index contributed by atoms with van der Waals surface area (Å²) >= 11 is 0. The number of benzene rings is 1. The van der Waals surface area contributed by atoms with Crippen molar-refractivity contribution in [2.24, 2.45) is 10.1 Å². The molecule has 0 amide bonds. The first-order chi connectivity index (χ1) is 11.2. The van der Waals surface area contributed by atoms with Crippen molar-refractivity contribution in [1.82, 2.24) is 5.01 Å². The van der Waals surface area contributed by atoms with Crippen molar-refractivity contribution in [3.8, 4) is 5.75 Å². The fourth-order valence-electron chi connectivity index (χ4n) is 2.00. The first kappa shape index (κ1) is 17.5. The molecule has 0 aromatic heterocycles. The molecule has 0 bridgehead atoms. The number of aliphatic hydroxyl groups is 1. The first-order valence-electron chi connectivity index (χ1n) is 6.64. The molecule has 24 heavy (non-hydrogen) atoms. The number of amidine groups is 1. The van der Waals surface area contributed by atoms with Crippen LogP contribution in [0.4, 0.5) is 30.2 Å². The van der Waals surface area contributed by atoms with Crippen LogP contribution >= 0.6 is 0 Å². The maximum Gasteiger partial charge on any atom is 0.437 e. The Morgan fingerprint density at radius 3 is 2.54 bits per heavy atom. The van der Waals surface area contributed by atoms with Gasteiger partial charge in [-0.1, -0.05) is 0 Å². The Morgan fingerprint density at radius 2 is 2.00 bits per heavy atom. The van der Waals surface area contributed by atoms with Crippen molar-refractivity contribution in [3.05, 3.63) is 12.1 Å². The van der Waals surface area contributed by atoms with Gasteiger partial charge in [-0.05, 0) is 6.07 Å². The number of nitrogens with zero attached hydrogens (tertiary/aromatic N) is 3. The van der Waals surface area contributed by atoms with E-state index in [1.807, 2.05) is 0 Å². The maximum absolute atomic E-state index is 13.1. The van der Waals surface area contributed by atoms with Crippen molar-refractivity contribution >= 4 is 34.3 Å². The summed E-state index contributed by atoms with van der Waals surface area (Å²) in [6.45, 7) is -0.736. The molecular formula is C13H15F3N6O2. The SMILES string of the molecule is COc1cc(N=C2C(=N)N(CCO)N=C2C(F)(F)F)c(N)cc1N. The van der Waals surface area contributed by atoms with E-state index >= 15 is 0 Å². The summed E-state index contributed by atoms with van der Waals surface area (Å²) in [5.41, 5.74) is 9.54. The highest BCUT2D eigenvalue weighted by Crippen LogP contribution is 2.34. The van der Waals surface area contributed by atoms with Gasteiger partial charge in [0, 0.05) is 6.07 Å². The average Bonchev–Trinajstić information content (AvgIpc) is 2.79. The van der Waals surface area contributed by atoms with Crippen molar-refractivity contribution in [1.29, 1.82) is 5.41 Å². The van der Waals surface area contributed by atoms with E-state index in [1.54, 1.807) is 0 Å². The molecule has 0 fully saturated rings. The fourth-order valence-corrected chi connectivity index (χ4v) is 2.00. The Morgan fingerprint density at radius 1 is 1.33 bits per heavy atom. The van der Waals surface area contributed by atoms with Crippen LogP contribution in [0.1, 0.15) is 0 Å². The highest BCUT2D eigenvalue weighted by Gasteiger charge is 2.46. The number of aliphatic hydroxyl groups excluding tert-OH is 1. The third-order valence-corrected chi connectivity index (χ3v) is 3.12. The third-order valence-electron chi connectivity index (χ3n) is 3.12. The van der Waals surface area contributed by atoms with Gasteiger partial charge < -0.3 is 21.3 Å². The van der Waals surface area contributed by atoms with E-state index in [0.717, 1.165) is 0 Å². The summed E-state index contributed by atoms with van der Waals surface area (Å²) in [4.78, 5) is 3.83. The Hall–Kier alpha value is -2.82. The largest absolute Gasteiger partial charge is 0.495 e. The lowest BCUT2D eigenvalue weighted by Gasteiger charge is -2.12. The van der Waals surface area contributed by atoms with E-state index in [0.29, 0.717) is 5.01 Å². The van der Waals surface area contributed by atoms with E-state index in [1.165, 1.54) is 19.2 Å². The molecule has 1 aliphatic rings. The molecule has 130 valence electrons. The minimum atomic E-state index is -4.82. The number of hydrogen-bond donors (Lipinski definition) is 4. The molecule has 6 N–H and O–H groups in total. The predicted molar refractivity (Wildman–Crippen MR) is 83.9 cm³/mol. The minimum absolute atomic E-state index is 0.0238. The number of β-amino-alcohol motifs (C(OH)–C–C–N with tert-alkyl or cyclic N) is 1. The van der Waals surface area contributed by atoms with Gasteiger partial charge in [0.05, 0.1) is 37.3 Å². The van der Waals surface area contributed by atoms with Crippen LogP contribution < -0.4 is 16.2 Å². The number of rotatable bonds is 4. The highest BCUT2D eigenvalue weighted by molar-refractivity contribution is 6.70. The summed E-state index contributed by atoms with van der Waals surface area (Å²) < 4.78 is 44.4. The minimum Gasteiger partial charge on any atom is -0.495 e. The molecule has 1 aromatic carbocycles. The van der Waals surface area contributed by atoms with Crippen LogP contribution in [0.25, 0.3) is 0 Å². The second-order valence-electron chi connectivity index (χ2n) is 4.76. The number of nitrogens with two attached hydrogens (primary N) is 2. The number of ether oxygens (including phenoxy) is 1. The standard InChI is InChI=1S/C13H15F3N6O2/c1-24-9-5-8(6(17)4-7(9)18)20-10-11(13(14,15)16)21-22(2-3-23)12(10)19/h4-5,19,23H,2-3,17-18H2,1H3. The Balaban J connectivity index is 2.54. The molecule has 2 rings (SSSR count). The van der Waals surface area contributed by atoms with E-state index in [2.05, 4.69) is 10.1 Å². The van der Waals surface area contributed by atoms with Gasteiger partial charge in [0.25, 0.3) is 0 Å². The van der Waals surface area contributed by atoms with E-state index in [4.69, 9.17) is 26.7 Å². The second kappa shape index (κ2) is 6.35. The number of halogens is 3. The number of hydrazone groups is 1. The molecule has 1 heterocycles. The zero-order valence-electron chi connectivity index (χ0n) is 12.6. The number of alkyl halides is 3. The molecule has 11 heteroatoms. The Labute approximate surface area is 134 Å². The summed E-state index contributed by atoms with van der Waals surface area (Å²) in [5, 5.41) is 20.7. The van der Waals surface area contributed by atoms with Crippen molar-refractivity contribution in [3.63, 3.8) is 0 Å². The van der Waals surface area contributed by atoms with Crippen LogP contribution in [0.2, 0.25) is 0 Å². The molecule has 0 atom stereocenters. The van der Waals surface area contributed by atoms with Gasteiger partial charge in [0.1, 0.15) is 11.5 Å². The van der Waals surface area contributed by atoms with E-state index in [-0.39, 0.29) is 29.4 Å². The van der Waals surface area contributed by atoms with Crippen molar-refractivity contribution < 1.29 is 23.0 Å². The zero-order valence-corrected chi connectivity index (χ0v) is 12.6. The number of hydrogen-bond acceptors (Lipinski definition) is 7. The molecule has 1 aromatic rings. The number of methoxy groups -OCH3 is 1. The first-order valence-corrected chi connectivity index (χ1v) is 6.64. The van der Waals surface area contributed by atoms with Crippen LogP contribution in [0.5, 0.6) is 5.75 Å². The number of aliphatic imine (C=N–C) groups is 1. The maximum atomic E-state index is 13.1. The van der Waals surface area contributed by atoms with Gasteiger partial charge in [-0.15, -0.1) is 0 Å². The van der Waals surface area contributed by atoms with Crippen LogP contribution in [-0.2, 0) is 0 Å². The molecule has 0 saturated carbocycles. The molecule has 0 saturated heterocycles. The molecule has 8 nitrogen and oxygen atoms in total.